The molecule has 0 unspecified atom stereocenters. The third-order valence-electron chi connectivity index (χ3n) is 2.07. The second kappa shape index (κ2) is 7.39. The van der Waals surface area contributed by atoms with Crippen LogP contribution in [0.4, 0.5) is 14.9 Å². The fourth-order valence-electron chi connectivity index (χ4n) is 1.27. The summed E-state index contributed by atoms with van der Waals surface area (Å²) in [5.41, 5.74) is 0.280. The molecular formula is C15H19FN2O2. The zero-order chi connectivity index (χ0) is 15.0. The fraction of sp³-hybridized carbons (Fsp3) is 0.400. The van der Waals surface area contributed by atoms with Crippen molar-refractivity contribution in [3.05, 3.63) is 30.1 Å². The highest BCUT2D eigenvalue weighted by atomic mass is 19.1. The van der Waals surface area contributed by atoms with Crippen molar-refractivity contribution in [2.24, 2.45) is 0 Å². The Kier molecular flexibility index (Phi) is 5.85. The average molecular weight is 278 g/mol. The Morgan fingerprint density at radius 1 is 1.20 bits per heavy atom. The topological polar surface area (TPSA) is 50.4 Å². The molecule has 0 radical (unpaired) electrons. The van der Waals surface area contributed by atoms with Crippen LogP contribution in [0.15, 0.2) is 24.3 Å². The van der Waals surface area contributed by atoms with Gasteiger partial charge >= 0.3 is 6.09 Å². The summed E-state index contributed by atoms with van der Waals surface area (Å²) in [5, 5.41) is 5.55. The summed E-state index contributed by atoms with van der Waals surface area (Å²) >= 11 is 0. The standard InChI is InChI=1S/C15H19FN2O2/c1-15(2,3)20-14(19)18-11-5-4-10-17-13-8-6-12(16)7-9-13/h6-9,17H,10-11H2,1-3H3,(H,18,19). The number of benzene rings is 1. The van der Waals surface area contributed by atoms with Gasteiger partial charge in [-0.3, -0.25) is 0 Å². The number of anilines is 1. The van der Waals surface area contributed by atoms with Crippen LogP contribution in [0.2, 0.25) is 0 Å². The van der Waals surface area contributed by atoms with Crippen molar-refractivity contribution < 1.29 is 13.9 Å². The molecule has 1 aromatic rings. The predicted octanol–water partition coefficient (Wildman–Crippen LogP) is 2.77. The van der Waals surface area contributed by atoms with Gasteiger partial charge in [0.15, 0.2) is 0 Å². The summed E-state index contributed by atoms with van der Waals surface area (Å²) in [6, 6.07) is 6.02. The van der Waals surface area contributed by atoms with Crippen molar-refractivity contribution in [3.63, 3.8) is 0 Å². The van der Waals surface area contributed by atoms with Crippen molar-refractivity contribution in [1.82, 2.24) is 5.32 Å². The molecule has 0 saturated heterocycles. The van der Waals surface area contributed by atoms with Gasteiger partial charge in [0, 0.05) is 5.69 Å². The van der Waals surface area contributed by atoms with Crippen LogP contribution in [0.1, 0.15) is 20.8 Å². The van der Waals surface area contributed by atoms with E-state index in [1.54, 1.807) is 32.9 Å². The molecule has 0 heterocycles. The van der Waals surface area contributed by atoms with Gasteiger partial charge in [-0.2, -0.15) is 0 Å². The molecule has 20 heavy (non-hydrogen) atoms. The normalized spacial score (nSPS) is 10.2. The number of carbonyl (C=O) groups excluding carboxylic acids is 1. The molecule has 1 amide bonds. The molecular weight excluding hydrogens is 259 g/mol. The molecule has 0 fully saturated rings. The summed E-state index contributed by atoms with van der Waals surface area (Å²) < 4.78 is 17.7. The van der Waals surface area contributed by atoms with Crippen LogP contribution in [0.3, 0.4) is 0 Å². The maximum absolute atomic E-state index is 12.7. The molecule has 4 nitrogen and oxygen atoms in total. The largest absolute Gasteiger partial charge is 0.444 e. The number of alkyl carbamates (subject to hydrolysis) is 1. The predicted molar refractivity (Wildman–Crippen MR) is 76.9 cm³/mol. The van der Waals surface area contributed by atoms with Gasteiger partial charge in [-0.05, 0) is 45.0 Å². The number of halogens is 1. The summed E-state index contributed by atoms with van der Waals surface area (Å²) in [5.74, 6) is 5.35. The molecule has 5 heteroatoms. The van der Waals surface area contributed by atoms with Crippen LogP contribution in [0.25, 0.3) is 0 Å². The van der Waals surface area contributed by atoms with Crippen molar-refractivity contribution in [2.45, 2.75) is 26.4 Å². The zero-order valence-electron chi connectivity index (χ0n) is 11.9. The van der Waals surface area contributed by atoms with Crippen LogP contribution < -0.4 is 10.6 Å². The first-order valence-corrected chi connectivity index (χ1v) is 6.29. The van der Waals surface area contributed by atoms with E-state index in [9.17, 15) is 9.18 Å². The van der Waals surface area contributed by atoms with Gasteiger partial charge in [0.1, 0.15) is 11.4 Å². The molecule has 0 bridgehead atoms. The van der Waals surface area contributed by atoms with Crippen molar-refractivity contribution in [3.8, 4) is 11.8 Å². The lowest BCUT2D eigenvalue weighted by Crippen LogP contribution is -2.32. The minimum absolute atomic E-state index is 0.222. The minimum atomic E-state index is -0.512. The highest BCUT2D eigenvalue weighted by Crippen LogP contribution is 2.07. The third kappa shape index (κ3) is 7.27. The van der Waals surface area contributed by atoms with E-state index in [1.807, 2.05) is 0 Å². The number of rotatable bonds is 3. The summed E-state index contributed by atoms with van der Waals surface area (Å²) in [7, 11) is 0. The summed E-state index contributed by atoms with van der Waals surface area (Å²) in [4.78, 5) is 11.3. The Labute approximate surface area is 118 Å². The van der Waals surface area contributed by atoms with E-state index < -0.39 is 11.7 Å². The fourth-order valence-corrected chi connectivity index (χ4v) is 1.27. The monoisotopic (exact) mass is 278 g/mol. The van der Waals surface area contributed by atoms with Gasteiger partial charge in [-0.1, -0.05) is 11.8 Å². The van der Waals surface area contributed by atoms with Crippen LogP contribution in [0.5, 0.6) is 0 Å². The first kappa shape index (κ1) is 15.8. The van der Waals surface area contributed by atoms with Gasteiger partial charge in [0.05, 0.1) is 13.1 Å². The highest BCUT2D eigenvalue weighted by molar-refractivity contribution is 5.68. The smallest absolute Gasteiger partial charge is 0.408 e. The SMILES string of the molecule is CC(C)(C)OC(=O)NCC#CCNc1ccc(F)cc1. The number of ether oxygens (including phenoxy) is 1. The molecule has 2 N–H and O–H groups in total. The molecule has 108 valence electrons. The molecule has 0 spiro atoms. The molecule has 0 aromatic heterocycles. The number of nitrogens with one attached hydrogen (secondary N) is 2. The Morgan fingerprint density at radius 2 is 1.80 bits per heavy atom. The second-order valence-electron chi connectivity index (χ2n) is 5.07. The number of amides is 1. The van der Waals surface area contributed by atoms with Gasteiger partial charge in [0.25, 0.3) is 0 Å². The molecule has 0 aliphatic rings. The van der Waals surface area contributed by atoms with E-state index in [2.05, 4.69) is 22.5 Å². The third-order valence-corrected chi connectivity index (χ3v) is 2.07. The Morgan fingerprint density at radius 3 is 2.40 bits per heavy atom. The van der Waals surface area contributed by atoms with Gasteiger partial charge in [-0.25, -0.2) is 9.18 Å². The Balaban J connectivity index is 2.20. The maximum atomic E-state index is 12.7. The van der Waals surface area contributed by atoms with E-state index in [0.29, 0.717) is 6.54 Å². The minimum Gasteiger partial charge on any atom is -0.444 e. The second-order valence-corrected chi connectivity index (χ2v) is 5.07. The van der Waals surface area contributed by atoms with E-state index in [0.717, 1.165) is 5.69 Å². The summed E-state index contributed by atoms with van der Waals surface area (Å²) in [6.07, 6.45) is -0.488. The van der Waals surface area contributed by atoms with Crippen molar-refractivity contribution in [1.29, 1.82) is 0 Å². The molecule has 0 atom stereocenters. The van der Waals surface area contributed by atoms with E-state index in [-0.39, 0.29) is 12.4 Å². The van der Waals surface area contributed by atoms with Gasteiger partial charge in [0.2, 0.25) is 0 Å². The summed E-state index contributed by atoms with van der Waals surface area (Å²) in [6.45, 7) is 6.03. The lowest BCUT2D eigenvalue weighted by molar-refractivity contribution is 0.0535. The van der Waals surface area contributed by atoms with Gasteiger partial charge in [-0.15, -0.1) is 0 Å². The first-order valence-electron chi connectivity index (χ1n) is 6.29. The number of hydrogen-bond donors (Lipinski definition) is 2. The van der Waals surface area contributed by atoms with Crippen LogP contribution in [-0.2, 0) is 4.74 Å². The maximum Gasteiger partial charge on any atom is 0.408 e. The molecule has 0 saturated carbocycles. The average Bonchev–Trinajstić information content (AvgIpc) is 2.33. The van der Waals surface area contributed by atoms with Crippen LogP contribution >= 0.6 is 0 Å². The first-order chi connectivity index (χ1) is 9.37. The Bertz CT molecular complexity index is 495. The molecule has 1 rings (SSSR count). The molecule has 0 aliphatic heterocycles. The highest BCUT2D eigenvalue weighted by Gasteiger charge is 2.14. The van der Waals surface area contributed by atoms with E-state index in [4.69, 9.17) is 4.74 Å². The number of hydrogen-bond acceptors (Lipinski definition) is 3. The van der Waals surface area contributed by atoms with E-state index in [1.165, 1.54) is 12.1 Å². The Hall–Kier alpha value is -2.22. The van der Waals surface area contributed by atoms with E-state index >= 15 is 0 Å². The van der Waals surface area contributed by atoms with Gasteiger partial charge < -0.3 is 15.4 Å². The zero-order valence-corrected chi connectivity index (χ0v) is 11.9. The molecule has 1 aromatic carbocycles. The van der Waals surface area contributed by atoms with Crippen LogP contribution in [0, 0.1) is 17.7 Å². The lowest BCUT2D eigenvalue weighted by Gasteiger charge is -2.19. The molecule has 0 aliphatic carbocycles. The van der Waals surface area contributed by atoms with Crippen molar-refractivity contribution in [2.75, 3.05) is 18.4 Å². The van der Waals surface area contributed by atoms with Crippen molar-refractivity contribution >= 4 is 11.8 Å². The lowest BCUT2D eigenvalue weighted by atomic mass is 10.2. The quantitative estimate of drug-likeness (QED) is 0.836. The number of carbonyl (C=O) groups is 1. The van der Waals surface area contributed by atoms with Crippen LogP contribution in [-0.4, -0.2) is 24.8 Å².